The standard InChI is InChI=1S/C15H22N4/c1-2-8-19(7-1)14-5-6-16-15(18-14)17-13-10-11-3-4-12(13)9-11/h5-6,11-13H,1-4,7-10H2,(H,16,17,18). The highest BCUT2D eigenvalue weighted by Crippen LogP contribution is 2.45. The van der Waals surface area contributed by atoms with Crippen LogP contribution in [0.15, 0.2) is 12.3 Å². The van der Waals surface area contributed by atoms with Gasteiger partial charge in [-0.15, -0.1) is 0 Å². The molecule has 3 aliphatic rings. The quantitative estimate of drug-likeness (QED) is 0.905. The first-order valence-electron chi connectivity index (χ1n) is 7.73. The van der Waals surface area contributed by atoms with E-state index in [0.717, 1.165) is 36.7 Å². The van der Waals surface area contributed by atoms with Gasteiger partial charge in [-0.2, -0.15) is 4.98 Å². The number of hydrogen-bond acceptors (Lipinski definition) is 4. The molecule has 2 aliphatic carbocycles. The molecule has 1 aliphatic heterocycles. The molecular formula is C15H22N4. The highest BCUT2D eigenvalue weighted by molar-refractivity contribution is 5.43. The molecular weight excluding hydrogens is 236 g/mol. The highest BCUT2D eigenvalue weighted by atomic mass is 15.2. The van der Waals surface area contributed by atoms with E-state index in [9.17, 15) is 0 Å². The van der Waals surface area contributed by atoms with E-state index in [1.54, 1.807) is 0 Å². The fraction of sp³-hybridized carbons (Fsp3) is 0.733. The van der Waals surface area contributed by atoms with Gasteiger partial charge >= 0.3 is 0 Å². The van der Waals surface area contributed by atoms with Crippen LogP contribution in [0.3, 0.4) is 0 Å². The summed E-state index contributed by atoms with van der Waals surface area (Å²) in [6, 6.07) is 2.66. The largest absolute Gasteiger partial charge is 0.356 e. The Bertz CT molecular complexity index is 455. The molecule has 0 spiro atoms. The van der Waals surface area contributed by atoms with Crippen molar-refractivity contribution in [3.05, 3.63) is 12.3 Å². The minimum Gasteiger partial charge on any atom is -0.356 e. The van der Waals surface area contributed by atoms with E-state index in [-0.39, 0.29) is 0 Å². The van der Waals surface area contributed by atoms with Gasteiger partial charge in [0.1, 0.15) is 5.82 Å². The number of rotatable bonds is 3. The van der Waals surface area contributed by atoms with Crippen LogP contribution in [0.2, 0.25) is 0 Å². The van der Waals surface area contributed by atoms with Gasteiger partial charge < -0.3 is 10.2 Å². The summed E-state index contributed by atoms with van der Waals surface area (Å²) in [5.41, 5.74) is 0. The SMILES string of the molecule is c1cc(N2CCCC2)nc(NC2CC3CCC2C3)n1. The van der Waals surface area contributed by atoms with E-state index in [1.165, 1.54) is 38.5 Å². The summed E-state index contributed by atoms with van der Waals surface area (Å²) < 4.78 is 0. The maximum atomic E-state index is 4.71. The van der Waals surface area contributed by atoms with Crippen molar-refractivity contribution in [2.24, 2.45) is 11.8 Å². The van der Waals surface area contributed by atoms with Crippen LogP contribution in [0.25, 0.3) is 0 Å². The zero-order valence-corrected chi connectivity index (χ0v) is 11.4. The third kappa shape index (κ3) is 2.17. The second-order valence-electron chi connectivity index (χ2n) is 6.36. The molecule has 2 heterocycles. The van der Waals surface area contributed by atoms with Crippen molar-refractivity contribution >= 4 is 11.8 Å². The zero-order chi connectivity index (χ0) is 12.7. The Morgan fingerprint density at radius 3 is 2.79 bits per heavy atom. The Labute approximate surface area is 114 Å². The van der Waals surface area contributed by atoms with E-state index >= 15 is 0 Å². The summed E-state index contributed by atoms with van der Waals surface area (Å²) in [6.07, 6.45) is 10.1. The molecule has 1 saturated heterocycles. The van der Waals surface area contributed by atoms with Crippen LogP contribution < -0.4 is 10.2 Å². The normalized spacial score (nSPS) is 33.1. The monoisotopic (exact) mass is 258 g/mol. The summed E-state index contributed by atoms with van der Waals surface area (Å²) in [4.78, 5) is 11.5. The van der Waals surface area contributed by atoms with Gasteiger partial charge in [0, 0.05) is 25.3 Å². The molecule has 3 atom stereocenters. The van der Waals surface area contributed by atoms with Crippen LogP contribution in [0, 0.1) is 11.8 Å². The first kappa shape index (κ1) is 11.5. The van der Waals surface area contributed by atoms with Crippen molar-refractivity contribution in [3.63, 3.8) is 0 Å². The van der Waals surface area contributed by atoms with E-state index in [2.05, 4.69) is 15.2 Å². The lowest BCUT2D eigenvalue weighted by molar-refractivity contribution is 0.438. The molecule has 0 radical (unpaired) electrons. The average Bonchev–Trinajstić information content (AvgIpc) is 3.17. The van der Waals surface area contributed by atoms with Crippen molar-refractivity contribution in [3.8, 4) is 0 Å². The van der Waals surface area contributed by atoms with Gasteiger partial charge in [0.15, 0.2) is 0 Å². The topological polar surface area (TPSA) is 41.1 Å². The summed E-state index contributed by atoms with van der Waals surface area (Å²) in [6.45, 7) is 2.29. The predicted octanol–water partition coefficient (Wildman–Crippen LogP) is 2.68. The molecule has 4 nitrogen and oxygen atoms in total. The summed E-state index contributed by atoms with van der Waals surface area (Å²) in [5, 5.41) is 3.59. The fourth-order valence-electron chi connectivity index (χ4n) is 4.13. The minimum atomic E-state index is 0.618. The Hall–Kier alpha value is -1.32. The fourth-order valence-corrected chi connectivity index (χ4v) is 4.13. The van der Waals surface area contributed by atoms with Crippen LogP contribution >= 0.6 is 0 Å². The van der Waals surface area contributed by atoms with E-state index in [1.807, 2.05) is 12.3 Å². The van der Waals surface area contributed by atoms with Gasteiger partial charge in [0.05, 0.1) is 0 Å². The lowest BCUT2D eigenvalue weighted by atomic mass is 9.95. The van der Waals surface area contributed by atoms with Crippen LogP contribution in [0.1, 0.15) is 38.5 Å². The van der Waals surface area contributed by atoms with Crippen LogP contribution in [-0.4, -0.2) is 29.1 Å². The maximum Gasteiger partial charge on any atom is 0.224 e. The van der Waals surface area contributed by atoms with Crippen molar-refractivity contribution in [1.82, 2.24) is 9.97 Å². The number of nitrogens with one attached hydrogen (secondary N) is 1. The van der Waals surface area contributed by atoms with E-state index in [0.29, 0.717) is 6.04 Å². The lowest BCUT2D eigenvalue weighted by Gasteiger charge is -2.23. The van der Waals surface area contributed by atoms with Crippen molar-refractivity contribution in [2.75, 3.05) is 23.3 Å². The molecule has 1 N–H and O–H groups in total. The van der Waals surface area contributed by atoms with Gasteiger partial charge in [-0.3, -0.25) is 0 Å². The number of anilines is 2. The van der Waals surface area contributed by atoms with Gasteiger partial charge in [0.25, 0.3) is 0 Å². The molecule has 19 heavy (non-hydrogen) atoms. The molecule has 3 unspecified atom stereocenters. The molecule has 102 valence electrons. The second kappa shape index (κ2) is 4.66. The number of hydrogen-bond donors (Lipinski definition) is 1. The van der Waals surface area contributed by atoms with Gasteiger partial charge in [-0.1, -0.05) is 6.42 Å². The molecule has 2 bridgehead atoms. The zero-order valence-electron chi connectivity index (χ0n) is 11.4. The molecule has 1 aromatic rings. The number of aromatic nitrogens is 2. The third-order valence-electron chi connectivity index (χ3n) is 5.12. The Kier molecular flexibility index (Phi) is 2.82. The molecule has 0 amide bonds. The maximum absolute atomic E-state index is 4.71. The highest BCUT2D eigenvalue weighted by Gasteiger charge is 2.39. The molecule has 4 heteroatoms. The first-order valence-corrected chi connectivity index (χ1v) is 7.73. The van der Waals surface area contributed by atoms with Crippen LogP contribution in [0.5, 0.6) is 0 Å². The molecule has 0 aromatic carbocycles. The van der Waals surface area contributed by atoms with Gasteiger partial charge in [-0.25, -0.2) is 4.98 Å². The van der Waals surface area contributed by atoms with Crippen LogP contribution in [0.4, 0.5) is 11.8 Å². The summed E-state index contributed by atoms with van der Waals surface area (Å²) in [5.74, 6) is 3.76. The second-order valence-corrected chi connectivity index (χ2v) is 6.36. The number of nitrogens with zero attached hydrogens (tertiary/aromatic N) is 3. The van der Waals surface area contributed by atoms with Crippen molar-refractivity contribution < 1.29 is 0 Å². The summed E-state index contributed by atoms with van der Waals surface area (Å²) >= 11 is 0. The average molecular weight is 258 g/mol. The third-order valence-corrected chi connectivity index (χ3v) is 5.12. The Morgan fingerprint density at radius 2 is 2.05 bits per heavy atom. The van der Waals surface area contributed by atoms with E-state index < -0.39 is 0 Å². The lowest BCUT2D eigenvalue weighted by Crippen LogP contribution is -2.27. The van der Waals surface area contributed by atoms with Gasteiger partial charge in [-0.05, 0) is 50.0 Å². The van der Waals surface area contributed by atoms with Gasteiger partial charge in [0.2, 0.25) is 5.95 Å². The van der Waals surface area contributed by atoms with Crippen LogP contribution in [-0.2, 0) is 0 Å². The Morgan fingerprint density at radius 1 is 1.16 bits per heavy atom. The minimum absolute atomic E-state index is 0.618. The molecule has 3 fully saturated rings. The molecule has 1 aromatic heterocycles. The van der Waals surface area contributed by atoms with Crippen molar-refractivity contribution in [2.45, 2.75) is 44.6 Å². The first-order chi connectivity index (χ1) is 9.38. The molecule has 4 rings (SSSR count). The number of fused-ring (bicyclic) bond motifs is 2. The smallest absolute Gasteiger partial charge is 0.224 e. The molecule has 2 saturated carbocycles. The summed E-state index contributed by atoms with van der Waals surface area (Å²) in [7, 11) is 0. The Balaban J connectivity index is 1.47. The van der Waals surface area contributed by atoms with E-state index in [4.69, 9.17) is 4.98 Å². The van der Waals surface area contributed by atoms with Crippen molar-refractivity contribution in [1.29, 1.82) is 0 Å². The predicted molar refractivity (Wildman–Crippen MR) is 76.3 cm³/mol.